The van der Waals surface area contributed by atoms with Crippen molar-refractivity contribution in [1.82, 2.24) is 15.8 Å². The standard InChI is InChI=1S/C25H37N5O4S/c1-17(2)24(3,4)35(32,33)19-8-6-18(7-9-19)28-22-21-20(10-14-27-23(21)31)30(29-22)25(12-13-26)11-5-15-34-16-25/h6-9,17,20-22,28-29H,5,10-12,14-16H2,1-4H3,(H,27,31)/t20?,21?,22?,25-/m0/s1. The molecule has 0 aromatic heterocycles. The average molecular weight is 504 g/mol. The highest BCUT2D eigenvalue weighted by molar-refractivity contribution is 7.92. The molecule has 3 unspecified atom stereocenters. The van der Waals surface area contributed by atoms with E-state index < -0.39 is 26.3 Å². The second kappa shape index (κ2) is 9.69. The van der Waals surface area contributed by atoms with E-state index in [1.54, 1.807) is 38.1 Å². The quantitative estimate of drug-likeness (QED) is 0.518. The number of ether oxygens (including phenoxy) is 1. The van der Waals surface area contributed by atoms with Crippen molar-refractivity contribution in [3.05, 3.63) is 24.3 Å². The SMILES string of the molecule is CC(C)C(C)(C)S(=O)(=O)c1ccc(NC2NN([C@]3(CC#N)CCCOC3)C3CCNC(=O)C23)cc1. The minimum Gasteiger partial charge on any atom is -0.379 e. The van der Waals surface area contributed by atoms with Gasteiger partial charge in [0.2, 0.25) is 5.91 Å². The van der Waals surface area contributed by atoms with Gasteiger partial charge in [-0.15, -0.1) is 0 Å². The molecular weight excluding hydrogens is 466 g/mol. The van der Waals surface area contributed by atoms with Crippen molar-refractivity contribution < 1.29 is 17.9 Å². The number of hydrogen-bond acceptors (Lipinski definition) is 8. The van der Waals surface area contributed by atoms with E-state index in [4.69, 9.17) is 4.74 Å². The fourth-order valence-electron chi connectivity index (χ4n) is 5.34. The summed E-state index contributed by atoms with van der Waals surface area (Å²) in [5.41, 5.74) is 3.74. The van der Waals surface area contributed by atoms with Gasteiger partial charge in [-0.05, 0) is 63.3 Å². The molecule has 1 aromatic carbocycles. The molecule has 0 spiro atoms. The predicted molar refractivity (Wildman–Crippen MR) is 133 cm³/mol. The summed E-state index contributed by atoms with van der Waals surface area (Å²) in [5, 5.41) is 18.1. The predicted octanol–water partition coefficient (Wildman–Crippen LogP) is 2.42. The van der Waals surface area contributed by atoms with Crippen LogP contribution in [-0.2, 0) is 19.4 Å². The molecule has 35 heavy (non-hydrogen) atoms. The third-order valence-electron chi connectivity index (χ3n) is 8.22. The van der Waals surface area contributed by atoms with Crippen molar-refractivity contribution >= 4 is 21.4 Å². The lowest BCUT2D eigenvalue weighted by Gasteiger charge is -2.46. The van der Waals surface area contributed by atoms with Gasteiger partial charge in [0.15, 0.2) is 9.84 Å². The lowest BCUT2D eigenvalue weighted by Crippen LogP contribution is -2.61. The summed E-state index contributed by atoms with van der Waals surface area (Å²) in [7, 11) is -3.51. The molecule has 1 aromatic rings. The molecule has 4 rings (SSSR count). The zero-order chi connectivity index (χ0) is 25.4. The Labute approximate surface area is 208 Å². The smallest absolute Gasteiger partial charge is 0.228 e. The average Bonchev–Trinajstić information content (AvgIpc) is 3.20. The zero-order valence-corrected chi connectivity index (χ0v) is 21.8. The minimum absolute atomic E-state index is 0.0320. The van der Waals surface area contributed by atoms with E-state index in [1.807, 2.05) is 13.8 Å². The molecule has 10 heteroatoms. The molecule has 3 aliphatic rings. The Morgan fingerprint density at radius 1 is 1.31 bits per heavy atom. The third kappa shape index (κ3) is 4.55. The Morgan fingerprint density at radius 2 is 2.03 bits per heavy atom. The normalized spacial score (nSPS) is 29.9. The van der Waals surface area contributed by atoms with Crippen molar-refractivity contribution in [1.29, 1.82) is 5.26 Å². The monoisotopic (exact) mass is 503 g/mol. The number of carbonyl (C=O) groups excluding carboxylic acids is 1. The van der Waals surface area contributed by atoms with Crippen molar-refractivity contribution in [2.24, 2.45) is 11.8 Å². The van der Waals surface area contributed by atoms with Crippen LogP contribution in [0.25, 0.3) is 0 Å². The first kappa shape index (κ1) is 25.9. The number of hydrogen-bond donors (Lipinski definition) is 3. The number of rotatable bonds is 7. The number of anilines is 1. The number of benzene rings is 1. The van der Waals surface area contributed by atoms with Gasteiger partial charge in [0.05, 0.1) is 40.2 Å². The summed E-state index contributed by atoms with van der Waals surface area (Å²) in [6.07, 6.45) is 2.38. The fourth-order valence-corrected chi connectivity index (χ4v) is 7.06. The topological polar surface area (TPSA) is 124 Å². The number of amides is 1. The highest BCUT2D eigenvalue weighted by Crippen LogP contribution is 2.39. The molecule has 192 valence electrons. The number of nitriles is 1. The largest absolute Gasteiger partial charge is 0.379 e. The molecular formula is C25H37N5O4S. The van der Waals surface area contributed by atoms with E-state index in [0.29, 0.717) is 26.2 Å². The van der Waals surface area contributed by atoms with Gasteiger partial charge in [-0.2, -0.15) is 5.26 Å². The lowest BCUT2D eigenvalue weighted by atomic mass is 9.84. The van der Waals surface area contributed by atoms with Crippen LogP contribution in [0.3, 0.4) is 0 Å². The number of piperidine rings is 1. The number of nitrogens with one attached hydrogen (secondary N) is 3. The second-order valence-electron chi connectivity index (χ2n) is 10.8. The zero-order valence-electron chi connectivity index (χ0n) is 21.0. The first-order chi connectivity index (χ1) is 16.5. The minimum atomic E-state index is -3.51. The number of sulfone groups is 1. The van der Waals surface area contributed by atoms with Crippen LogP contribution in [0.1, 0.15) is 53.4 Å². The molecule has 0 radical (unpaired) electrons. The van der Waals surface area contributed by atoms with Gasteiger partial charge in [0.25, 0.3) is 0 Å². The van der Waals surface area contributed by atoms with Crippen LogP contribution in [0.15, 0.2) is 29.2 Å². The van der Waals surface area contributed by atoms with Crippen molar-refractivity contribution in [3.8, 4) is 6.07 Å². The molecule has 1 amide bonds. The molecule has 0 bridgehead atoms. The summed E-state index contributed by atoms with van der Waals surface area (Å²) in [6.45, 7) is 9.05. The Kier molecular flexibility index (Phi) is 7.17. The van der Waals surface area contributed by atoms with Crippen molar-refractivity contribution in [3.63, 3.8) is 0 Å². The van der Waals surface area contributed by atoms with E-state index >= 15 is 0 Å². The highest BCUT2D eigenvalue weighted by Gasteiger charge is 2.54. The van der Waals surface area contributed by atoms with Gasteiger partial charge in [0, 0.05) is 24.9 Å². The maximum absolute atomic E-state index is 13.2. The lowest BCUT2D eigenvalue weighted by molar-refractivity contribution is -0.130. The van der Waals surface area contributed by atoms with Gasteiger partial charge in [-0.3, -0.25) is 4.79 Å². The fraction of sp³-hybridized carbons (Fsp3) is 0.680. The highest BCUT2D eigenvalue weighted by atomic mass is 32.2. The maximum atomic E-state index is 13.2. The summed E-state index contributed by atoms with van der Waals surface area (Å²) in [6, 6.07) is 9.00. The van der Waals surface area contributed by atoms with Crippen LogP contribution < -0.4 is 16.1 Å². The van der Waals surface area contributed by atoms with Crippen LogP contribution >= 0.6 is 0 Å². The molecule has 4 atom stereocenters. The molecule has 0 aliphatic carbocycles. The first-order valence-electron chi connectivity index (χ1n) is 12.4. The first-order valence-corrected chi connectivity index (χ1v) is 13.9. The number of hydrazine groups is 1. The van der Waals surface area contributed by atoms with Crippen LogP contribution in [-0.4, -0.2) is 61.6 Å². The van der Waals surface area contributed by atoms with Crippen LogP contribution in [0.4, 0.5) is 5.69 Å². The molecule has 3 aliphatic heterocycles. The van der Waals surface area contributed by atoms with Gasteiger partial charge < -0.3 is 15.4 Å². The van der Waals surface area contributed by atoms with Crippen LogP contribution in [0.5, 0.6) is 0 Å². The summed E-state index contributed by atoms with van der Waals surface area (Å²) in [5.74, 6) is -0.426. The number of carbonyl (C=O) groups is 1. The molecule has 9 nitrogen and oxygen atoms in total. The van der Waals surface area contributed by atoms with Crippen LogP contribution in [0, 0.1) is 23.2 Å². The van der Waals surface area contributed by atoms with Gasteiger partial charge in [-0.1, -0.05) is 13.8 Å². The Hall–Kier alpha value is -2.19. The molecule has 0 saturated carbocycles. The number of nitrogens with zero attached hydrogens (tertiary/aromatic N) is 2. The van der Waals surface area contributed by atoms with Gasteiger partial charge in [-0.25, -0.2) is 18.9 Å². The Morgan fingerprint density at radius 3 is 2.63 bits per heavy atom. The Balaban J connectivity index is 1.58. The van der Waals surface area contributed by atoms with Gasteiger partial charge in [0.1, 0.15) is 6.17 Å². The molecule has 3 heterocycles. The van der Waals surface area contributed by atoms with Gasteiger partial charge >= 0.3 is 0 Å². The van der Waals surface area contributed by atoms with E-state index in [0.717, 1.165) is 24.9 Å². The van der Waals surface area contributed by atoms with E-state index in [-0.39, 0.29) is 28.7 Å². The second-order valence-corrected chi connectivity index (χ2v) is 13.3. The molecule has 3 N–H and O–H groups in total. The van der Waals surface area contributed by atoms with Crippen molar-refractivity contribution in [2.75, 3.05) is 25.1 Å². The summed E-state index contributed by atoms with van der Waals surface area (Å²) < 4.78 is 31.2. The molecule has 3 saturated heterocycles. The molecule has 3 fully saturated rings. The van der Waals surface area contributed by atoms with Crippen LogP contribution in [0.2, 0.25) is 0 Å². The van der Waals surface area contributed by atoms with E-state index in [9.17, 15) is 18.5 Å². The van der Waals surface area contributed by atoms with E-state index in [1.165, 1.54) is 0 Å². The van der Waals surface area contributed by atoms with Crippen molar-refractivity contribution in [2.45, 2.75) is 80.8 Å². The Bertz CT molecular complexity index is 1070. The maximum Gasteiger partial charge on any atom is 0.228 e. The summed E-state index contributed by atoms with van der Waals surface area (Å²) in [4.78, 5) is 13.2. The van der Waals surface area contributed by atoms with E-state index in [2.05, 4.69) is 27.1 Å². The number of fused-ring (bicyclic) bond motifs is 1. The third-order valence-corrected chi connectivity index (χ3v) is 11.0. The summed E-state index contributed by atoms with van der Waals surface area (Å²) >= 11 is 0.